The van der Waals surface area contributed by atoms with Gasteiger partial charge in [0.15, 0.2) is 11.5 Å². The molecule has 0 aliphatic carbocycles. The summed E-state index contributed by atoms with van der Waals surface area (Å²) in [7, 11) is 4.44. The van der Waals surface area contributed by atoms with E-state index in [9.17, 15) is 9.90 Å². The molecule has 0 amide bonds. The van der Waals surface area contributed by atoms with Crippen molar-refractivity contribution in [2.75, 3.05) is 27.1 Å². The van der Waals surface area contributed by atoms with Crippen LogP contribution in [0, 0.1) is 0 Å². The Labute approximate surface area is 127 Å². The Kier molecular flexibility index (Phi) is 4.36. The van der Waals surface area contributed by atoms with Gasteiger partial charge in [-0.3, -0.25) is 0 Å². The van der Waals surface area contributed by atoms with Crippen LogP contribution in [-0.2, 0) is 0 Å². The van der Waals surface area contributed by atoms with Crippen molar-refractivity contribution in [1.29, 1.82) is 0 Å². The van der Waals surface area contributed by atoms with Gasteiger partial charge in [0.1, 0.15) is 5.82 Å². The maximum atomic E-state index is 11.4. The smallest absolute Gasteiger partial charge is 0.336 e. The number of methoxy groups -OCH3 is 3. The lowest BCUT2D eigenvalue weighted by Gasteiger charge is -2.16. The predicted molar refractivity (Wildman–Crippen MR) is 80.7 cm³/mol. The van der Waals surface area contributed by atoms with Crippen LogP contribution in [0.4, 0.5) is 5.82 Å². The molecular formula is C15H16N2O5. The van der Waals surface area contributed by atoms with Gasteiger partial charge in [-0.1, -0.05) is 0 Å². The number of carbonyl (C=O) groups is 1. The molecule has 0 atom stereocenters. The van der Waals surface area contributed by atoms with Crippen LogP contribution in [0.5, 0.6) is 17.2 Å². The van der Waals surface area contributed by atoms with E-state index in [4.69, 9.17) is 19.9 Å². The minimum atomic E-state index is -1.11. The van der Waals surface area contributed by atoms with Crippen molar-refractivity contribution in [1.82, 2.24) is 4.98 Å². The Morgan fingerprint density at radius 3 is 2.32 bits per heavy atom. The van der Waals surface area contributed by atoms with E-state index < -0.39 is 5.97 Å². The highest BCUT2D eigenvalue weighted by atomic mass is 16.5. The molecule has 2 rings (SSSR count). The Hall–Kier alpha value is -2.96. The fraction of sp³-hybridized carbons (Fsp3) is 0.200. The second-order valence-corrected chi connectivity index (χ2v) is 4.34. The molecule has 0 aliphatic rings. The number of nitrogens with two attached hydrogens (primary N) is 1. The first-order chi connectivity index (χ1) is 10.5. The summed E-state index contributed by atoms with van der Waals surface area (Å²) in [4.78, 5) is 15.4. The molecule has 3 N–H and O–H groups in total. The maximum absolute atomic E-state index is 11.4. The predicted octanol–water partition coefficient (Wildman–Crippen LogP) is 2.05. The summed E-state index contributed by atoms with van der Waals surface area (Å²) < 4.78 is 15.9. The molecule has 7 nitrogen and oxygen atoms in total. The first kappa shape index (κ1) is 15.4. The Balaban J connectivity index is 2.75. The van der Waals surface area contributed by atoms with Crippen LogP contribution in [-0.4, -0.2) is 37.4 Å². The van der Waals surface area contributed by atoms with Gasteiger partial charge in [-0.05, 0) is 18.2 Å². The average Bonchev–Trinajstić information content (AvgIpc) is 2.53. The molecule has 0 saturated heterocycles. The molecule has 1 aromatic heterocycles. The second-order valence-electron chi connectivity index (χ2n) is 4.34. The molecule has 116 valence electrons. The number of rotatable bonds is 5. The van der Waals surface area contributed by atoms with Crippen LogP contribution in [0.25, 0.3) is 11.1 Å². The van der Waals surface area contributed by atoms with Gasteiger partial charge in [0.05, 0.1) is 26.9 Å². The van der Waals surface area contributed by atoms with Gasteiger partial charge in [-0.25, -0.2) is 9.78 Å². The van der Waals surface area contributed by atoms with Crippen molar-refractivity contribution >= 4 is 11.8 Å². The molecule has 0 spiro atoms. The van der Waals surface area contributed by atoms with E-state index in [1.807, 2.05) is 0 Å². The molecule has 0 bridgehead atoms. The molecule has 2 aromatic rings. The van der Waals surface area contributed by atoms with Gasteiger partial charge >= 0.3 is 5.97 Å². The Bertz CT molecular complexity index is 715. The van der Waals surface area contributed by atoms with E-state index in [1.54, 1.807) is 12.1 Å². The Morgan fingerprint density at radius 1 is 1.09 bits per heavy atom. The van der Waals surface area contributed by atoms with Crippen LogP contribution >= 0.6 is 0 Å². The van der Waals surface area contributed by atoms with E-state index in [2.05, 4.69) is 4.98 Å². The van der Waals surface area contributed by atoms with Crippen molar-refractivity contribution in [3.63, 3.8) is 0 Å². The van der Waals surface area contributed by atoms with Gasteiger partial charge in [0, 0.05) is 17.3 Å². The Morgan fingerprint density at radius 2 is 1.77 bits per heavy atom. The number of anilines is 1. The topological polar surface area (TPSA) is 104 Å². The number of aromatic carboxylic acids is 1. The summed E-state index contributed by atoms with van der Waals surface area (Å²) in [5, 5.41) is 9.36. The standard InChI is InChI=1S/C15H16N2O5/c1-20-11-5-4-8(13(21-2)14(11)22-3)10-7-17-12(16)6-9(10)15(18)19/h4-7H,1-3H3,(H2,16,17)(H,18,19). The van der Waals surface area contributed by atoms with Gasteiger partial charge in [-0.2, -0.15) is 0 Å². The second kappa shape index (κ2) is 6.21. The van der Waals surface area contributed by atoms with E-state index >= 15 is 0 Å². The van der Waals surface area contributed by atoms with Gasteiger partial charge in [0.25, 0.3) is 0 Å². The highest BCUT2D eigenvalue weighted by molar-refractivity contribution is 5.98. The summed E-state index contributed by atoms with van der Waals surface area (Å²) >= 11 is 0. The van der Waals surface area contributed by atoms with Crippen molar-refractivity contribution < 1.29 is 24.1 Å². The van der Waals surface area contributed by atoms with Crippen LogP contribution in [0.1, 0.15) is 10.4 Å². The highest BCUT2D eigenvalue weighted by Gasteiger charge is 2.21. The number of hydrogen-bond acceptors (Lipinski definition) is 6. The molecule has 0 fully saturated rings. The summed E-state index contributed by atoms with van der Waals surface area (Å²) in [6.45, 7) is 0. The lowest BCUT2D eigenvalue weighted by Crippen LogP contribution is -2.04. The molecule has 0 unspecified atom stereocenters. The molecule has 1 heterocycles. The van der Waals surface area contributed by atoms with E-state index in [0.717, 1.165) is 0 Å². The van der Waals surface area contributed by atoms with E-state index in [0.29, 0.717) is 28.4 Å². The molecule has 7 heteroatoms. The number of nitrogen functional groups attached to an aromatic ring is 1. The number of nitrogens with zero attached hydrogens (tertiary/aromatic N) is 1. The number of carboxylic acid groups (broad SMARTS) is 1. The number of pyridine rings is 1. The lowest BCUT2D eigenvalue weighted by molar-refractivity contribution is 0.0697. The van der Waals surface area contributed by atoms with Crippen molar-refractivity contribution in [2.45, 2.75) is 0 Å². The summed E-state index contributed by atoms with van der Waals surface area (Å²) in [5.74, 6) is 0.219. The lowest BCUT2D eigenvalue weighted by atomic mass is 10.00. The van der Waals surface area contributed by atoms with E-state index in [1.165, 1.54) is 33.6 Å². The third-order valence-corrected chi connectivity index (χ3v) is 3.15. The highest BCUT2D eigenvalue weighted by Crippen LogP contribution is 2.44. The third-order valence-electron chi connectivity index (χ3n) is 3.15. The first-order valence-corrected chi connectivity index (χ1v) is 6.31. The fourth-order valence-corrected chi connectivity index (χ4v) is 2.18. The van der Waals surface area contributed by atoms with Gasteiger partial charge in [-0.15, -0.1) is 0 Å². The third kappa shape index (κ3) is 2.60. The van der Waals surface area contributed by atoms with Gasteiger partial charge in [0.2, 0.25) is 5.75 Å². The van der Waals surface area contributed by atoms with E-state index in [-0.39, 0.29) is 11.4 Å². The number of carboxylic acids is 1. The summed E-state index contributed by atoms with van der Waals surface area (Å²) in [6, 6.07) is 4.65. The van der Waals surface area contributed by atoms with Crippen molar-refractivity contribution in [3.8, 4) is 28.4 Å². The molecule has 0 radical (unpaired) electrons. The van der Waals surface area contributed by atoms with Crippen molar-refractivity contribution in [3.05, 3.63) is 30.0 Å². The average molecular weight is 304 g/mol. The normalized spacial score (nSPS) is 10.1. The largest absolute Gasteiger partial charge is 0.493 e. The number of aromatic nitrogens is 1. The summed E-state index contributed by atoms with van der Waals surface area (Å²) in [5.41, 5.74) is 6.48. The number of hydrogen-bond donors (Lipinski definition) is 2. The van der Waals surface area contributed by atoms with Crippen LogP contribution in [0.3, 0.4) is 0 Å². The van der Waals surface area contributed by atoms with Crippen LogP contribution in [0.2, 0.25) is 0 Å². The monoisotopic (exact) mass is 304 g/mol. The molecule has 1 aromatic carbocycles. The first-order valence-electron chi connectivity index (χ1n) is 6.31. The number of ether oxygens (including phenoxy) is 3. The number of benzene rings is 1. The molecule has 0 aliphatic heterocycles. The fourth-order valence-electron chi connectivity index (χ4n) is 2.18. The van der Waals surface area contributed by atoms with Crippen LogP contribution in [0.15, 0.2) is 24.4 Å². The maximum Gasteiger partial charge on any atom is 0.336 e. The zero-order valence-corrected chi connectivity index (χ0v) is 12.4. The molecule has 0 saturated carbocycles. The van der Waals surface area contributed by atoms with Crippen molar-refractivity contribution in [2.24, 2.45) is 0 Å². The minimum absolute atomic E-state index is 0.0259. The van der Waals surface area contributed by atoms with Crippen LogP contribution < -0.4 is 19.9 Å². The molecular weight excluding hydrogens is 288 g/mol. The minimum Gasteiger partial charge on any atom is -0.493 e. The zero-order chi connectivity index (χ0) is 16.3. The van der Waals surface area contributed by atoms with Gasteiger partial charge < -0.3 is 25.1 Å². The quantitative estimate of drug-likeness (QED) is 0.871. The molecule has 22 heavy (non-hydrogen) atoms. The SMILES string of the molecule is COc1ccc(-c2cnc(N)cc2C(=O)O)c(OC)c1OC. The zero-order valence-electron chi connectivity index (χ0n) is 12.4. The summed E-state index contributed by atoms with van der Waals surface area (Å²) in [6.07, 6.45) is 1.39.